The highest BCUT2D eigenvalue weighted by atomic mass is 19.4. The Bertz CT molecular complexity index is 1060. The zero-order chi connectivity index (χ0) is 25.8. The number of aromatic hydroxyl groups is 1. The fourth-order valence-corrected chi connectivity index (χ4v) is 3.16. The molecule has 1 aliphatic heterocycles. The number of halogens is 8. The van der Waals surface area contributed by atoms with E-state index in [0.29, 0.717) is 18.2 Å². The van der Waals surface area contributed by atoms with Crippen LogP contribution in [-0.2, 0) is 34.7 Å². The predicted octanol–water partition coefficient (Wildman–Crippen LogP) is 6.63. The molecule has 2 aromatic carbocycles. The molecule has 35 heavy (non-hydrogen) atoms. The van der Waals surface area contributed by atoms with Crippen molar-refractivity contribution in [3.8, 4) is 11.5 Å². The quantitative estimate of drug-likeness (QED) is 0.283. The Kier molecular flexibility index (Phi) is 9.69. The van der Waals surface area contributed by atoms with Crippen LogP contribution in [0.15, 0.2) is 36.9 Å². The average Bonchev–Trinajstić information content (AvgIpc) is 3.14. The number of carbonyl (C=O) groups excluding carboxylic acids is 1. The zero-order valence-corrected chi connectivity index (χ0v) is 17.5. The van der Waals surface area contributed by atoms with E-state index in [1.54, 1.807) is 0 Å². The van der Waals surface area contributed by atoms with Crippen molar-refractivity contribution in [3.05, 3.63) is 70.8 Å². The number of allylic oxidation sites excluding steroid dienone is 1. The molecule has 0 radical (unpaired) electrons. The number of hydrogen-bond acceptors (Lipinski definition) is 4. The van der Waals surface area contributed by atoms with Crippen molar-refractivity contribution in [1.82, 2.24) is 0 Å². The van der Waals surface area contributed by atoms with Crippen molar-refractivity contribution in [1.29, 1.82) is 0 Å². The van der Waals surface area contributed by atoms with Crippen LogP contribution in [0.5, 0.6) is 11.5 Å². The summed E-state index contributed by atoms with van der Waals surface area (Å²) in [5.41, 5.74) is -2.68. The summed E-state index contributed by atoms with van der Waals surface area (Å²) in [6.07, 6.45) is -9.19. The van der Waals surface area contributed by atoms with E-state index < -0.39 is 64.2 Å². The number of fused-ring (bicyclic) bond motifs is 1. The molecule has 1 N–H and O–H groups in total. The van der Waals surface area contributed by atoms with E-state index in [1.807, 2.05) is 0 Å². The van der Waals surface area contributed by atoms with Gasteiger partial charge in [0.2, 0.25) is 0 Å². The van der Waals surface area contributed by atoms with Gasteiger partial charge in [0, 0.05) is 24.5 Å². The maximum absolute atomic E-state index is 13.4. The fraction of sp³-hybridized carbons (Fsp3) is 0.348. The standard InChI is InChI=1S/C12H10F4O3.C10H8F4O.CH4/c1-6(17)18-5-7-4-8-9(12(14,15)16)2-3-10(13)11(8)19-7;1-2-3-6-7(10(12,13)14)4-5-8(11)9(6)15;/h2-3,7H,4-5H2,1H3;2,4-5,15H,1,3H2;1H4. The second-order valence-electron chi connectivity index (χ2n) is 7.06. The molecule has 194 valence electrons. The first-order valence-electron chi connectivity index (χ1n) is 9.53. The van der Waals surface area contributed by atoms with Crippen LogP contribution in [0.4, 0.5) is 35.1 Å². The van der Waals surface area contributed by atoms with Crippen LogP contribution in [0, 0.1) is 11.6 Å². The maximum Gasteiger partial charge on any atom is 0.416 e. The highest BCUT2D eigenvalue weighted by molar-refractivity contribution is 5.66. The number of esters is 1. The molecular weight excluding hydrogens is 492 g/mol. The molecule has 1 heterocycles. The SMILES string of the molecule is C.C=CCc1c(C(F)(F)F)ccc(F)c1O.CC(=O)OCC1Cc2c(C(F)(F)F)ccc(F)c2O1. The minimum Gasteiger partial charge on any atom is -0.505 e. The Morgan fingerprint density at radius 3 is 2.14 bits per heavy atom. The number of carbonyl (C=O) groups is 1. The number of rotatable bonds is 4. The summed E-state index contributed by atoms with van der Waals surface area (Å²) in [6.45, 7) is 4.21. The summed E-state index contributed by atoms with van der Waals surface area (Å²) in [5.74, 6) is -3.87. The second kappa shape index (κ2) is 11.4. The zero-order valence-electron chi connectivity index (χ0n) is 17.5. The molecule has 1 atom stereocenters. The molecule has 4 nitrogen and oxygen atoms in total. The third kappa shape index (κ3) is 7.33. The van der Waals surface area contributed by atoms with E-state index in [9.17, 15) is 39.9 Å². The Morgan fingerprint density at radius 1 is 1.09 bits per heavy atom. The van der Waals surface area contributed by atoms with E-state index in [0.717, 1.165) is 6.07 Å². The van der Waals surface area contributed by atoms with Crippen LogP contribution in [0.3, 0.4) is 0 Å². The number of benzene rings is 2. The molecule has 2 aromatic rings. The van der Waals surface area contributed by atoms with Crippen LogP contribution in [0.1, 0.15) is 36.6 Å². The van der Waals surface area contributed by atoms with Gasteiger partial charge in [-0.05, 0) is 30.7 Å². The predicted molar refractivity (Wildman–Crippen MR) is 110 cm³/mol. The van der Waals surface area contributed by atoms with Crippen LogP contribution in [0.25, 0.3) is 0 Å². The lowest BCUT2D eigenvalue weighted by molar-refractivity contribution is -0.143. The molecule has 1 unspecified atom stereocenters. The van der Waals surface area contributed by atoms with Gasteiger partial charge in [0.15, 0.2) is 23.1 Å². The molecule has 0 saturated carbocycles. The normalized spacial score (nSPS) is 14.6. The van der Waals surface area contributed by atoms with Gasteiger partial charge in [-0.15, -0.1) is 6.58 Å². The smallest absolute Gasteiger partial charge is 0.416 e. The van der Waals surface area contributed by atoms with Crippen molar-refractivity contribution >= 4 is 5.97 Å². The molecule has 0 amide bonds. The monoisotopic (exact) mass is 514 g/mol. The highest BCUT2D eigenvalue weighted by Gasteiger charge is 2.39. The summed E-state index contributed by atoms with van der Waals surface area (Å²) in [7, 11) is 0. The minimum absolute atomic E-state index is 0. The van der Waals surface area contributed by atoms with Crippen LogP contribution >= 0.6 is 0 Å². The number of phenolic OH excluding ortho intramolecular Hbond substituents is 1. The van der Waals surface area contributed by atoms with Gasteiger partial charge >= 0.3 is 18.3 Å². The van der Waals surface area contributed by atoms with Crippen LogP contribution < -0.4 is 4.74 Å². The third-order valence-corrected chi connectivity index (χ3v) is 4.59. The molecule has 0 aromatic heterocycles. The Hall–Kier alpha value is -3.31. The van der Waals surface area contributed by atoms with Gasteiger partial charge in [-0.25, -0.2) is 8.78 Å². The van der Waals surface area contributed by atoms with Gasteiger partial charge in [0.05, 0.1) is 11.1 Å². The maximum atomic E-state index is 13.4. The van der Waals surface area contributed by atoms with Gasteiger partial charge in [0.25, 0.3) is 0 Å². The topological polar surface area (TPSA) is 55.8 Å². The lowest BCUT2D eigenvalue weighted by Crippen LogP contribution is -2.22. The van der Waals surface area contributed by atoms with Gasteiger partial charge in [-0.3, -0.25) is 4.79 Å². The Balaban J connectivity index is 0.000000350. The average molecular weight is 514 g/mol. The molecule has 3 rings (SSSR count). The Labute approximate surface area is 195 Å². The molecule has 0 aliphatic carbocycles. The first-order valence-corrected chi connectivity index (χ1v) is 9.53. The van der Waals surface area contributed by atoms with Crippen molar-refractivity contribution in [3.63, 3.8) is 0 Å². The largest absolute Gasteiger partial charge is 0.505 e. The van der Waals surface area contributed by atoms with E-state index in [1.165, 1.54) is 13.0 Å². The summed E-state index contributed by atoms with van der Waals surface area (Å²) in [6, 6.07) is 2.60. The lowest BCUT2D eigenvalue weighted by Gasteiger charge is -2.13. The van der Waals surface area contributed by atoms with Gasteiger partial charge < -0.3 is 14.6 Å². The van der Waals surface area contributed by atoms with E-state index in [2.05, 4.69) is 11.3 Å². The highest BCUT2D eigenvalue weighted by Crippen LogP contribution is 2.41. The molecule has 0 spiro atoms. The van der Waals surface area contributed by atoms with E-state index >= 15 is 0 Å². The molecule has 0 bridgehead atoms. The number of alkyl halides is 6. The first kappa shape index (κ1) is 29.7. The van der Waals surface area contributed by atoms with Crippen LogP contribution in [0.2, 0.25) is 0 Å². The summed E-state index contributed by atoms with van der Waals surface area (Å²) in [4.78, 5) is 10.6. The number of phenols is 1. The van der Waals surface area contributed by atoms with Gasteiger partial charge in [0.1, 0.15) is 12.7 Å². The second-order valence-corrected chi connectivity index (χ2v) is 7.06. The van der Waals surface area contributed by atoms with Crippen molar-refractivity contribution < 1.29 is 54.5 Å². The van der Waals surface area contributed by atoms with Gasteiger partial charge in [-0.2, -0.15) is 26.3 Å². The number of hydrogen-bond donors (Lipinski definition) is 1. The summed E-state index contributed by atoms with van der Waals surface area (Å²) in [5, 5.41) is 9.15. The third-order valence-electron chi connectivity index (χ3n) is 4.59. The lowest BCUT2D eigenvalue weighted by atomic mass is 10.0. The number of ether oxygens (including phenoxy) is 2. The molecular formula is C23H22F8O4. The van der Waals surface area contributed by atoms with Crippen molar-refractivity contribution in [2.24, 2.45) is 0 Å². The van der Waals surface area contributed by atoms with Crippen molar-refractivity contribution in [2.75, 3.05) is 6.61 Å². The molecule has 12 heteroatoms. The molecule has 0 saturated heterocycles. The first-order chi connectivity index (χ1) is 15.7. The van der Waals surface area contributed by atoms with Gasteiger partial charge in [-0.1, -0.05) is 13.5 Å². The van der Waals surface area contributed by atoms with Crippen LogP contribution in [-0.4, -0.2) is 23.8 Å². The minimum atomic E-state index is -4.61. The van der Waals surface area contributed by atoms with Crippen molar-refractivity contribution in [2.45, 2.75) is 45.6 Å². The summed E-state index contributed by atoms with van der Waals surface area (Å²) < 4.78 is 111. The van der Waals surface area contributed by atoms with E-state index in [-0.39, 0.29) is 32.4 Å². The Morgan fingerprint density at radius 2 is 1.63 bits per heavy atom. The molecule has 1 aliphatic rings. The van der Waals surface area contributed by atoms with E-state index in [4.69, 9.17) is 9.84 Å². The summed E-state index contributed by atoms with van der Waals surface area (Å²) >= 11 is 0. The molecule has 0 fully saturated rings. The fourth-order valence-electron chi connectivity index (χ4n) is 3.16.